The lowest BCUT2D eigenvalue weighted by Gasteiger charge is -2.21. The zero-order valence-electron chi connectivity index (χ0n) is 11.0. The van der Waals surface area contributed by atoms with E-state index < -0.39 is 0 Å². The predicted octanol–water partition coefficient (Wildman–Crippen LogP) is 1.98. The van der Waals surface area contributed by atoms with Crippen molar-refractivity contribution in [3.8, 4) is 0 Å². The second kappa shape index (κ2) is 7.20. The summed E-state index contributed by atoms with van der Waals surface area (Å²) in [6.45, 7) is 5.47. The molecular weight excluding hydrogens is 267 g/mol. The van der Waals surface area contributed by atoms with Crippen molar-refractivity contribution in [1.29, 1.82) is 0 Å². The lowest BCUT2D eigenvalue weighted by atomic mass is 10.2. The SMILES string of the molecule is OCCN1CCCN(Cc2cccc(F)c2Cl)CC1. The van der Waals surface area contributed by atoms with Crippen LogP contribution in [0.2, 0.25) is 5.02 Å². The molecule has 1 aromatic carbocycles. The van der Waals surface area contributed by atoms with Gasteiger partial charge in [-0.2, -0.15) is 0 Å². The van der Waals surface area contributed by atoms with Gasteiger partial charge in [0.05, 0.1) is 11.6 Å². The standard InChI is InChI=1S/C14H20ClFN2O/c15-14-12(3-1-4-13(14)16)11-18-6-2-5-17(7-8-18)9-10-19/h1,3-4,19H,2,5-11H2. The summed E-state index contributed by atoms with van der Waals surface area (Å²) >= 11 is 5.99. The smallest absolute Gasteiger partial charge is 0.142 e. The van der Waals surface area contributed by atoms with Crippen LogP contribution in [0.25, 0.3) is 0 Å². The van der Waals surface area contributed by atoms with E-state index in [2.05, 4.69) is 9.80 Å². The quantitative estimate of drug-likeness (QED) is 0.917. The van der Waals surface area contributed by atoms with E-state index in [1.807, 2.05) is 6.07 Å². The molecule has 0 unspecified atom stereocenters. The number of aliphatic hydroxyl groups excluding tert-OH is 1. The van der Waals surface area contributed by atoms with Crippen molar-refractivity contribution in [2.75, 3.05) is 39.3 Å². The van der Waals surface area contributed by atoms with Crippen LogP contribution >= 0.6 is 11.6 Å². The Morgan fingerprint density at radius 2 is 1.89 bits per heavy atom. The lowest BCUT2D eigenvalue weighted by molar-refractivity contribution is 0.196. The number of hydrogen-bond donors (Lipinski definition) is 1. The van der Waals surface area contributed by atoms with Gasteiger partial charge in [0, 0.05) is 26.2 Å². The maximum Gasteiger partial charge on any atom is 0.142 e. The molecule has 0 spiro atoms. The minimum absolute atomic E-state index is 0.204. The molecule has 106 valence electrons. The van der Waals surface area contributed by atoms with Crippen LogP contribution in [0, 0.1) is 5.82 Å². The molecule has 1 N–H and O–H groups in total. The first kappa shape index (κ1) is 14.7. The van der Waals surface area contributed by atoms with Crippen LogP contribution in [-0.2, 0) is 6.54 Å². The van der Waals surface area contributed by atoms with Gasteiger partial charge < -0.3 is 5.11 Å². The summed E-state index contributed by atoms with van der Waals surface area (Å²) in [5.41, 5.74) is 0.845. The van der Waals surface area contributed by atoms with E-state index >= 15 is 0 Å². The minimum atomic E-state index is -0.351. The molecule has 1 aliphatic heterocycles. The van der Waals surface area contributed by atoms with Gasteiger partial charge in [-0.15, -0.1) is 0 Å². The van der Waals surface area contributed by atoms with Crippen LogP contribution in [-0.4, -0.2) is 54.2 Å². The van der Waals surface area contributed by atoms with Gasteiger partial charge in [0.1, 0.15) is 5.82 Å². The molecule has 1 saturated heterocycles. The topological polar surface area (TPSA) is 26.7 Å². The second-order valence-electron chi connectivity index (χ2n) is 4.91. The van der Waals surface area contributed by atoms with Crippen molar-refractivity contribution in [3.63, 3.8) is 0 Å². The van der Waals surface area contributed by atoms with E-state index in [0.29, 0.717) is 6.54 Å². The number of β-amino-alcohol motifs (C(OH)–C–C–N with tert-alkyl or cyclic N) is 1. The van der Waals surface area contributed by atoms with Crippen LogP contribution in [0.4, 0.5) is 4.39 Å². The molecule has 1 fully saturated rings. The first-order valence-electron chi connectivity index (χ1n) is 6.69. The van der Waals surface area contributed by atoms with Crippen molar-refractivity contribution in [2.45, 2.75) is 13.0 Å². The molecule has 0 saturated carbocycles. The van der Waals surface area contributed by atoms with Crippen LogP contribution in [0.3, 0.4) is 0 Å². The number of halogens is 2. The zero-order valence-corrected chi connectivity index (χ0v) is 11.7. The molecule has 0 radical (unpaired) electrons. The van der Waals surface area contributed by atoms with Gasteiger partial charge >= 0.3 is 0 Å². The Balaban J connectivity index is 1.94. The Labute approximate surface area is 118 Å². The highest BCUT2D eigenvalue weighted by Gasteiger charge is 2.16. The van der Waals surface area contributed by atoms with Gasteiger partial charge in [0.2, 0.25) is 0 Å². The Morgan fingerprint density at radius 3 is 2.68 bits per heavy atom. The molecule has 0 aliphatic carbocycles. The summed E-state index contributed by atoms with van der Waals surface area (Å²) in [5.74, 6) is -0.351. The Morgan fingerprint density at radius 1 is 1.16 bits per heavy atom. The number of rotatable bonds is 4. The van der Waals surface area contributed by atoms with E-state index in [9.17, 15) is 4.39 Å². The number of aliphatic hydroxyl groups is 1. The fourth-order valence-electron chi connectivity index (χ4n) is 2.46. The maximum absolute atomic E-state index is 13.4. The molecule has 19 heavy (non-hydrogen) atoms. The van der Waals surface area contributed by atoms with Crippen molar-refractivity contribution < 1.29 is 9.50 Å². The molecule has 0 atom stereocenters. The fraction of sp³-hybridized carbons (Fsp3) is 0.571. The number of hydrogen-bond acceptors (Lipinski definition) is 3. The van der Waals surface area contributed by atoms with E-state index in [1.165, 1.54) is 6.07 Å². The van der Waals surface area contributed by atoms with E-state index in [1.54, 1.807) is 6.07 Å². The molecule has 0 bridgehead atoms. The monoisotopic (exact) mass is 286 g/mol. The zero-order chi connectivity index (χ0) is 13.7. The highest BCUT2D eigenvalue weighted by Crippen LogP contribution is 2.21. The molecule has 1 heterocycles. The summed E-state index contributed by atoms with van der Waals surface area (Å²) in [5, 5.41) is 9.20. The summed E-state index contributed by atoms with van der Waals surface area (Å²) in [4.78, 5) is 4.55. The lowest BCUT2D eigenvalue weighted by Crippen LogP contribution is -2.32. The average Bonchev–Trinajstić information content (AvgIpc) is 2.61. The summed E-state index contributed by atoms with van der Waals surface area (Å²) in [7, 11) is 0. The maximum atomic E-state index is 13.4. The highest BCUT2D eigenvalue weighted by molar-refractivity contribution is 6.31. The third-order valence-electron chi connectivity index (χ3n) is 3.52. The summed E-state index contributed by atoms with van der Waals surface area (Å²) < 4.78 is 13.4. The fourth-order valence-corrected chi connectivity index (χ4v) is 2.64. The third-order valence-corrected chi connectivity index (χ3v) is 3.95. The van der Waals surface area contributed by atoms with Gasteiger partial charge in [-0.3, -0.25) is 9.80 Å². The van der Waals surface area contributed by atoms with Gasteiger partial charge in [0.25, 0.3) is 0 Å². The Hall–Kier alpha value is -0.680. The third kappa shape index (κ3) is 4.14. The largest absolute Gasteiger partial charge is 0.395 e. The molecule has 3 nitrogen and oxygen atoms in total. The Bertz CT molecular complexity index is 416. The minimum Gasteiger partial charge on any atom is -0.395 e. The average molecular weight is 287 g/mol. The van der Waals surface area contributed by atoms with Crippen LogP contribution in [0.5, 0.6) is 0 Å². The van der Waals surface area contributed by atoms with Gasteiger partial charge in [-0.1, -0.05) is 23.7 Å². The number of nitrogens with zero attached hydrogens (tertiary/aromatic N) is 2. The second-order valence-corrected chi connectivity index (χ2v) is 5.29. The first-order valence-corrected chi connectivity index (χ1v) is 7.07. The van der Waals surface area contributed by atoms with Gasteiger partial charge in [-0.05, 0) is 31.1 Å². The van der Waals surface area contributed by atoms with Gasteiger partial charge in [-0.25, -0.2) is 4.39 Å². The van der Waals surface area contributed by atoms with Gasteiger partial charge in [0.15, 0.2) is 0 Å². The van der Waals surface area contributed by atoms with Crippen molar-refractivity contribution in [1.82, 2.24) is 9.80 Å². The first-order chi connectivity index (χ1) is 9.20. The highest BCUT2D eigenvalue weighted by atomic mass is 35.5. The van der Waals surface area contributed by atoms with Crippen molar-refractivity contribution in [3.05, 3.63) is 34.6 Å². The van der Waals surface area contributed by atoms with E-state index in [4.69, 9.17) is 16.7 Å². The van der Waals surface area contributed by atoms with Crippen molar-refractivity contribution >= 4 is 11.6 Å². The van der Waals surface area contributed by atoms with E-state index in [0.717, 1.165) is 44.7 Å². The predicted molar refractivity (Wildman–Crippen MR) is 74.8 cm³/mol. The molecular formula is C14H20ClFN2O. The molecule has 0 amide bonds. The molecule has 1 aromatic rings. The summed E-state index contributed by atoms with van der Waals surface area (Å²) in [6, 6.07) is 4.96. The number of benzene rings is 1. The van der Waals surface area contributed by atoms with Crippen LogP contribution in [0.15, 0.2) is 18.2 Å². The molecule has 1 aliphatic rings. The normalized spacial score (nSPS) is 18.5. The van der Waals surface area contributed by atoms with Crippen molar-refractivity contribution in [2.24, 2.45) is 0 Å². The Kier molecular flexibility index (Phi) is 5.58. The molecule has 2 rings (SSSR count). The van der Waals surface area contributed by atoms with Crippen LogP contribution in [0.1, 0.15) is 12.0 Å². The molecule has 0 aromatic heterocycles. The van der Waals surface area contributed by atoms with E-state index in [-0.39, 0.29) is 17.4 Å². The summed E-state index contributed by atoms with van der Waals surface area (Å²) in [6.07, 6.45) is 1.06. The molecule has 5 heteroatoms. The van der Waals surface area contributed by atoms with Crippen LogP contribution < -0.4 is 0 Å².